The first-order valence-corrected chi connectivity index (χ1v) is 19.4. The Morgan fingerprint density at radius 2 is 1.02 bits per heavy atom. The first-order valence-electron chi connectivity index (χ1n) is 19.4. The lowest BCUT2D eigenvalue weighted by Gasteiger charge is -2.33. The zero-order valence-corrected chi connectivity index (χ0v) is 31.4. The van der Waals surface area contributed by atoms with Crippen molar-refractivity contribution < 1.29 is 28.9 Å². The van der Waals surface area contributed by atoms with E-state index >= 15 is 0 Å². The van der Waals surface area contributed by atoms with Crippen LogP contribution in [0.1, 0.15) is 167 Å². The van der Waals surface area contributed by atoms with Crippen LogP contribution in [-0.2, 0) is 37.0 Å². The van der Waals surface area contributed by atoms with Gasteiger partial charge in [0, 0.05) is 0 Å². The number of carbonyl (C=O) groups is 2. The van der Waals surface area contributed by atoms with E-state index in [2.05, 4.69) is 6.92 Å². The molecule has 0 spiro atoms. The van der Waals surface area contributed by atoms with E-state index in [0.717, 1.165) is 81.8 Å². The van der Waals surface area contributed by atoms with Crippen molar-refractivity contribution >= 4 is 11.9 Å². The number of esters is 2. The molecule has 0 amide bonds. The van der Waals surface area contributed by atoms with E-state index in [4.69, 9.17) is 14.2 Å². The lowest BCUT2D eigenvalue weighted by atomic mass is 9.77. The SMILES string of the molecule is CCCCCCCCCCCC(CCCCCCCCCCC(O)OCc1ccccc1)(C(=O)OCc1ccccc1)C(=O)OC(C)(C)C. The van der Waals surface area contributed by atoms with Gasteiger partial charge in [-0.2, -0.15) is 0 Å². The Kier molecular flexibility index (Phi) is 21.9. The first-order chi connectivity index (χ1) is 23.7. The molecular formula is C43H68O6. The highest BCUT2D eigenvalue weighted by Gasteiger charge is 2.49. The molecule has 6 nitrogen and oxygen atoms in total. The molecule has 0 saturated carbocycles. The Bertz CT molecular complexity index is 1110. The van der Waals surface area contributed by atoms with Gasteiger partial charge in [-0.25, -0.2) is 0 Å². The number of hydrogen-bond donors (Lipinski definition) is 1. The molecule has 1 N–H and O–H groups in total. The van der Waals surface area contributed by atoms with Crippen LogP contribution in [0.3, 0.4) is 0 Å². The van der Waals surface area contributed by atoms with Gasteiger partial charge in [0.2, 0.25) is 0 Å². The van der Waals surface area contributed by atoms with E-state index in [1.54, 1.807) is 0 Å². The molecule has 2 aromatic rings. The van der Waals surface area contributed by atoms with Gasteiger partial charge in [-0.05, 0) is 57.6 Å². The van der Waals surface area contributed by atoms with E-state index in [-0.39, 0.29) is 6.61 Å². The molecule has 2 atom stereocenters. The molecule has 2 aromatic carbocycles. The number of ether oxygens (including phenoxy) is 3. The minimum absolute atomic E-state index is 0.151. The third kappa shape index (κ3) is 19.3. The van der Waals surface area contributed by atoms with Crippen LogP contribution in [0.5, 0.6) is 0 Å². The maximum absolute atomic E-state index is 13.9. The van der Waals surface area contributed by atoms with Crippen molar-refractivity contribution in [3.63, 3.8) is 0 Å². The second-order valence-corrected chi connectivity index (χ2v) is 14.8. The Labute approximate surface area is 298 Å². The molecule has 0 aliphatic carbocycles. The molecule has 2 rings (SSSR count). The molecule has 0 heterocycles. The molecule has 0 bridgehead atoms. The van der Waals surface area contributed by atoms with Crippen molar-refractivity contribution in [2.45, 2.75) is 181 Å². The maximum Gasteiger partial charge on any atom is 0.324 e. The largest absolute Gasteiger partial charge is 0.460 e. The normalized spacial score (nSPS) is 13.5. The molecular weight excluding hydrogens is 612 g/mol. The highest BCUT2D eigenvalue weighted by molar-refractivity contribution is 6.00. The second kappa shape index (κ2) is 25.3. The lowest BCUT2D eigenvalue weighted by molar-refractivity contribution is -0.182. The number of hydrogen-bond acceptors (Lipinski definition) is 6. The average Bonchev–Trinajstić information content (AvgIpc) is 3.09. The smallest absolute Gasteiger partial charge is 0.324 e. The minimum atomic E-state index is -1.29. The molecule has 0 fully saturated rings. The van der Waals surface area contributed by atoms with E-state index in [9.17, 15) is 14.7 Å². The van der Waals surface area contributed by atoms with Gasteiger partial charge in [-0.15, -0.1) is 0 Å². The minimum Gasteiger partial charge on any atom is -0.460 e. The van der Waals surface area contributed by atoms with E-state index in [0.29, 0.717) is 25.9 Å². The topological polar surface area (TPSA) is 82.1 Å². The van der Waals surface area contributed by atoms with Crippen molar-refractivity contribution in [2.24, 2.45) is 5.41 Å². The predicted octanol–water partition coefficient (Wildman–Crippen LogP) is 11.4. The zero-order chi connectivity index (χ0) is 35.6. The Morgan fingerprint density at radius 1 is 0.592 bits per heavy atom. The first kappa shape index (κ1) is 42.5. The van der Waals surface area contributed by atoms with Crippen LogP contribution >= 0.6 is 0 Å². The second-order valence-electron chi connectivity index (χ2n) is 14.8. The van der Waals surface area contributed by atoms with E-state index in [1.165, 1.54) is 38.5 Å². The van der Waals surface area contributed by atoms with Gasteiger partial charge < -0.3 is 19.3 Å². The van der Waals surface area contributed by atoms with E-state index in [1.807, 2.05) is 81.4 Å². The summed E-state index contributed by atoms with van der Waals surface area (Å²) in [6.45, 7) is 8.41. The molecule has 276 valence electrons. The standard InChI is InChI=1S/C43H68O6/c1-5-6-7-8-9-11-14-17-26-33-43(41(46)49-42(2,3)4,40(45)48-36-38-30-23-20-24-31-38)34-27-18-15-12-10-13-16-25-32-39(44)47-35-37-28-21-19-22-29-37/h19-24,28-31,39,44H,5-18,25-27,32-36H2,1-4H3. The fourth-order valence-corrected chi connectivity index (χ4v) is 6.25. The average molecular weight is 681 g/mol. The number of carbonyl (C=O) groups excluding carboxylic acids is 2. The molecule has 0 radical (unpaired) electrons. The van der Waals surface area contributed by atoms with Crippen molar-refractivity contribution in [1.82, 2.24) is 0 Å². The van der Waals surface area contributed by atoms with Gasteiger partial charge in [-0.3, -0.25) is 9.59 Å². The summed E-state index contributed by atoms with van der Waals surface area (Å²) in [5, 5.41) is 10.1. The summed E-state index contributed by atoms with van der Waals surface area (Å²) < 4.78 is 17.4. The van der Waals surface area contributed by atoms with Crippen molar-refractivity contribution in [2.75, 3.05) is 0 Å². The monoisotopic (exact) mass is 681 g/mol. The maximum atomic E-state index is 13.9. The highest BCUT2D eigenvalue weighted by Crippen LogP contribution is 2.37. The van der Waals surface area contributed by atoms with Gasteiger partial charge in [-0.1, -0.05) is 170 Å². The van der Waals surface area contributed by atoms with Gasteiger partial charge in [0.25, 0.3) is 0 Å². The van der Waals surface area contributed by atoms with Crippen LogP contribution in [0.25, 0.3) is 0 Å². The van der Waals surface area contributed by atoms with Gasteiger partial charge in [0.05, 0.1) is 6.61 Å². The van der Waals surface area contributed by atoms with Gasteiger partial charge in [0.15, 0.2) is 11.7 Å². The van der Waals surface area contributed by atoms with Crippen LogP contribution in [0.15, 0.2) is 60.7 Å². The molecule has 6 heteroatoms. The third-order valence-corrected chi connectivity index (χ3v) is 9.19. The van der Waals surface area contributed by atoms with Crippen LogP contribution in [0.2, 0.25) is 0 Å². The molecule has 2 unspecified atom stereocenters. The third-order valence-electron chi connectivity index (χ3n) is 9.19. The fourth-order valence-electron chi connectivity index (χ4n) is 6.25. The number of benzene rings is 2. The number of aliphatic hydroxyl groups excluding tert-OH is 1. The van der Waals surface area contributed by atoms with Crippen LogP contribution in [0, 0.1) is 5.41 Å². The van der Waals surface area contributed by atoms with E-state index < -0.39 is 29.2 Å². The molecule has 0 aliphatic heterocycles. The van der Waals surface area contributed by atoms with Crippen molar-refractivity contribution in [1.29, 1.82) is 0 Å². The highest BCUT2D eigenvalue weighted by atomic mass is 16.6. The van der Waals surface area contributed by atoms with Crippen molar-refractivity contribution in [3.05, 3.63) is 71.8 Å². The Morgan fingerprint density at radius 3 is 1.49 bits per heavy atom. The summed E-state index contributed by atoms with van der Waals surface area (Å²) in [5.41, 5.74) is 0.000638. The zero-order valence-electron chi connectivity index (χ0n) is 31.4. The molecule has 0 saturated heterocycles. The Balaban J connectivity index is 1.84. The summed E-state index contributed by atoms with van der Waals surface area (Å²) in [5.74, 6) is -0.882. The summed E-state index contributed by atoms with van der Waals surface area (Å²) in [6, 6.07) is 19.6. The molecule has 0 aromatic heterocycles. The fraction of sp³-hybridized carbons (Fsp3) is 0.674. The lowest BCUT2D eigenvalue weighted by Crippen LogP contribution is -2.44. The van der Waals surface area contributed by atoms with Crippen LogP contribution < -0.4 is 0 Å². The predicted molar refractivity (Wildman–Crippen MR) is 200 cm³/mol. The van der Waals surface area contributed by atoms with Crippen molar-refractivity contribution in [3.8, 4) is 0 Å². The van der Waals surface area contributed by atoms with Gasteiger partial charge in [0.1, 0.15) is 12.2 Å². The number of aliphatic hydroxyl groups is 1. The van der Waals surface area contributed by atoms with Gasteiger partial charge >= 0.3 is 11.9 Å². The number of rotatable bonds is 28. The number of unbranched alkanes of at least 4 members (excludes halogenated alkanes) is 15. The van der Waals surface area contributed by atoms with Crippen LogP contribution in [-0.4, -0.2) is 28.9 Å². The molecule has 0 aliphatic rings. The summed E-state index contributed by atoms with van der Waals surface area (Å²) >= 11 is 0. The quantitative estimate of drug-likeness (QED) is 0.0417. The Hall–Kier alpha value is -2.70. The molecule has 49 heavy (non-hydrogen) atoms. The summed E-state index contributed by atoms with van der Waals surface area (Å²) in [4.78, 5) is 27.8. The summed E-state index contributed by atoms with van der Waals surface area (Å²) in [7, 11) is 0. The summed E-state index contributed by atoms with van der Waals surface area (Å²) in [6.07, 6.45) is 19.6. The van der Waals surface area contributed by atoms with Crippen LogP contribution in [0.4, 0.5) is 0 Å².